The van der Waals surface area contributed by atoms with Crippen LogP contribution in [-0.4, -0.2) is 11.5 Å². The molecule has 0 bridgehead atoms. The van der Waals surface area contributed by atoms with Gasteiger partial charge in [0.05, 0.1) is 5.01 Å². The van der Waals surface area contributed by atoms with Crippen LogP contribution in [0.2, 0.25) is 0 Å². The average molecular weight is 251 g/mol. The van der Waals surface area contributed by atoms with Gasteiger partial charge in [-0.3, -0.25) is 0 Å². The van der Waals surface area contributed by atoms with Gasteiger partial charge in [-0.15, -0.1) is 11.3 Å². The lowest BCUT2D eigenvalue weighted by Crippen LogP contribution is -2.17. The molecule has 17 heavy (non-hydrogen) atoms. The molecule has 0 spiro atoms. The van der Waals surface area contributed by atoms with E-state index in [-0.39, 0.29) is 5.82 Å². The number of nitrogens with one attached hydrogen (secondary N) is 1. The predicted molar refractivity (Wildman–Crippen MR) is 68.3 cm³/mol. The molecule has 3 N–H and O–H groups in total. The quantitative estimate of drug-likeness (QED) is 0.632. The maximum absolute atomic E-state index is 13.4. The van der Waals surface area contributed by atoms with E-state index in [1.807, 2.05) is 5.38 Å². The summed E-state index contributed by atoms with van der Waals surface area (Å²) < 4.78 is 13.4. The highest BCUT2D eigenvalue weighted by molar-refractivity contribution is 7.09. The molecule has 1 heterocycles. The van der Waals surface area contributed by atoms with Gasteiger partial charge in [-0.1, -0.05) is 6.07 Å². The van der Waals surface area contributed by atoms with Gasteiger partial charge in [0, 0.05) is 42.3 Å². The molecule has 2 aromatic rings. The summed E-state index contributed by atoms with van der Waals surface area (Å²) in [4.78, 5) is 4.18. The normalized spacial score (nSPS) is 10.6. The van der Waals surface area contributed by atoms with Gasteiger partial charge in [-0.25, -0.2) is 9.37 Å². The topological polar surface area (TPSA) is 50.9 Å². The first-order valence-corrected chi connectivity index (χ1v) is 6.26. The lowest BCUT2D eigenvalue weighted by atomic mass is 10.2. The number of nitrogens with zero attached hydrogens (tertiary/aromatic N) is 1. The van der Waals surface area contributed by atoms with Gasteiger partial charge in [0.15, 0.2) is 0 Å². The van der Waals surface area contributed by atoms with Crippen LogP contribution in [0.3, 0.4) is 0 Å². The summed E-state index contributed by atoms with van der Waals surface area (Å²) in [6.45, 7) is 1.30. The zero-order valence-electron chi connectivity index (χ0n) is 9.32. The van der Waals surface area contributed by atoms with Crippen molar-refractivity contribution < 1.29 is 4.39 Å². The van der Waals surface area contributed by atoms with Crippen molar-refractivity contribution in [2.24, 2.45) is 0 Å². The van der Waals surface area contributed by atoms with E-state index in [2.05, 4.69) is 10.3 Å². The Morgan fingerprint density at radius 2 is 2.29 bits per heavy atom. The third-order valence-corrected chi connectivity index (χ3v) is 3.23. The summed E-state index contributed by atoms with van der Waals surface area (Å²) >= 11 is 1.63. The van der Waals surface area contributed by atoms with Crippen LogP contribution in [0.4, 0.5) is 10.1 Å². The fourth-order valence-corrected chi connectivity index (χ4v) is 2.12. The molecule has 1 aromatic heterocycles. The molecule has 0 fully saturated rings. The molecule has 0 saturated heterocycles. The summed E-state index contributed by atoms with van der Waals surface area (Å²) in [6.07, 6.45) is 2.66. The number of halogens is 1. The van der Waals surface area contributed by atoms with Crippen molar-refractivity contribution in [1.29, 1.82) is 0 Å². The monoisotopic (exact) mass is 251 g/mol. The number of hydrogen-bond acceptors (Lipinski definition) is 4. The minimum absolute atomic E-state index is 0.258. The molecule has 0 aliphatic rings. The second-order valence-electron chi connectivity index (χ2n) is 3.70. The smallest absolute Gasteiger partial charge is 0.129 e. The number of nitrogens with two attached hydrogens (primary N) is 1. The van der Waals surface area contributed by atoms with E-state index in [9.17, 15) is 4.39 Å². The van der Waals surface area contributed by atoms with Crippen LogP contribution in [0.1, 0.15) is 10.6 Å². The van der Waals surface area contributed by atoms with Crippen molar-refractivity contribution in [2.45, 2.75) is 13.0 Å². The molecule has 2 rings (SSSR count). The number of benzene rings is 1. The number of anilines is 1. The van der Waals surface area contributed by atoms with Crippen LogP contribution < -0.4 is 11.1 Å². The van der Waals surface area contributed by atoms with Crippen molar-refractivity contribution >= 4 is 17.0 Å². The van der Waals surface area contributed by atoms with E-state index in [0.29, 0.717) is 17.8 Å². The van der Waals surface area contributed by atoms with E-state index in [1.165, 1.54) is 6.07 Å². The molecule has 0 radical (unpaired) electrons. The van der Waals surface area contributed by atoms with Gasteiger partial charge in [0.25, 0.3) is 0 Å². The Labute approximate surface area is 103 Å². The Kier molecular flexibility index (Phi) is 4.06. The zero-order valence-corrected chi connectivity index (χ0v) is 10.1. The predicted octanol–water partition coefficient (Wildman–Crippen LogP) is 2.20. The summed E-state index contributed by atoms with van der Waals surface area (Å²) in [5.74, 6) is -0.258. The molecule has 0 atom stereocenters. The van der Waals surface area contributed by atoms with Crippen LogP contribution in [-0.2, 0) is 13.0 Å². The Hall–Kier alpha value is -1.46. The Balaban J connectivity index is 1.78. The molecular weight excluding hydrogens is 237 g/mol. The average Bonchev–Trinajstić information content (AvgIpc) is 2.79. The largest absolute Gasteiger partial charge is 0.399 e. The lowest BCUT2D eigenvalue weighted by molar-refractivity contribution is 0.589. The van der Waals surface area contributed by atoms with E-state index in [1.54, 1.807) is 29.7 Å². The van der Waals surface area contributed by atoms with Gasteiger partial charge in [0.1, 0.15) is 5.82 Å². The summed E-state index contributed by atoms with van der Waals surface area (Å²) in [7, 11) is 0. The van der Waals surface area contributed by atoms with E-state index in [0.717, 1.165) is 18.0 Å². The van der Waals surface area contributed by atoms with Gasteiger partial charge < -0.3 is 11.1 Å². The highest BCUT2D eigenvalue weighted by Crippen LogP contribution is 2.11. The van der Waals surface area contributed by atoms with Crippen LogP contribution in [0.15, 0.2) is 29.8 Å². The second-order valence-corrected chi connectivity index (χ2v) is 4.68. The molecule has 0 saturated carbocycles. The lowest BCUT2D eigenvalue weighted by Gasteiger charge is -2.05. The van der Waals surface area contributed by atoms with Crippen LogP contribution in [0, 0.1) is 5.82 Å². The minimum atomic E-state index is -0.258. The van der Waals surface area contributed by atoms with Gasteiger partial charge in [-0.05, 0) is 12.1 Å². The molecule has 3 nitrogen and oxygen atoms in total. The fraction of sp³-hybridized carbons (Fsp3) is 0.250. The number of nitrogen functional groups attached to an aromatic ring is 1. The fourth-order valence-electron chi connectivity index (χ4n) is 1.50. The summed E-state index contributed by atoms with van der Waals surface area (Å²) in [5, 5.41) is 6.23. The van der Waals surface area contributed by atoms with E-state index >= 15 is 0 Å². The third kappa shape index (κ3) is 3.51. The van der Waals surface area contributed by atoms with Crippen LogP contribution >= 0.6 is 11.3 Å². The third-order valence-electron chi connectivity index (χ3n) is 2.39. The highest BCUT2D eigenvalue weighted by atomic mass is 32.1. The molecule has 0 amide bonds. The SMILES string of the molecule is Nc1ccc(CNCCc2nccs2)c(F)c1. The van der Waals surface area contributed by atoms with Crippen LogP contribution in [0.25, 0.3) is 0 Å². The van der Waals surface area contributed by atoms with E-state index < -0.39 is 0 Å². The maximum Gasteiger partial charge on any atom is 0.129 e. The second kappa shape index (κ2) is 5.75. The van der Waals surface area contributed by atoms with Gasteiger partial charge in [0.2, 0.25) is 0 Å². The number of hydrogen-bond donors (Lipinski definition) is 2. The standard InChI is InChI=1S/C12H14FN3S/c13-11-7-10(14)2-1-9(11)8-15-4-3-12-16-5-6-17-12/h1-2,5-7,15H,3-4,8,14H2. The number of aromatic nitrogens is 1. The Bertz CT molecular complexity index is 471. The van der Waals surface area contributed by atoms with E-state index in [4.69, 9.17) is 5.73 Å². The molecule has 5 heteroatoms. The first kappa shape index (κ1) is 12.0. The summed E-state index contributed by atoms with van der Waals surface area (Å²) in [6, 6.07) is 4.76. The number of rotatable bonds is 5. The molecule has 0 aliphatic heterocycles. The van der Waals surface area contributed by atoms with Crippen LogP contribution in [0.5, 0.6) is 0 Å². The maximum atomic E-state index is 13.4. The molecule has 1 aromatic carbocycles. The summed E-state index contributed by atoms with van der Waals surface area (Å²) in [5.41, 5.74) is 6.57. The van der Waals surface area contributed by atoms with Gasteiger partial charge >= 0.3 is 0 Å². The van der Waals surface area contributed by atoms with Crippen molar-refractivity contribution in [3.05, 3.63) is 46.2 Å². The minimum Gasteiger partial charge on any atom is -0.399 e. The zero-order chi connectivity index (χ0) is 12.1. The Morgan fingerprint density at radius 1 is 1.41 bits per heavy atom. The Morgan fingerprint density at radius 3 is 3.00 bits per heavy atom. The van der Waals surface area contributed by atoms with Crippen molar-refractivity contribution in [2.75, 3.05) is 12.3 Å². The van der Waals surface area contributed by atoms with Crippen molar-refractivity contribution in [3.8, 4) is 0 Å². The molecule has 90 valence electrons. The first-order chi connectivity index (χ1) is 8.25. The number of thiazole rings is 1. The molecule has 0 unspecified atom stereocenters. The van der Waals surface area contributed by atoms with Crippen molar-refractivity contribution in [1.82, 2.24) is 10.3 Å². The van der Waals surface area contributed by atoms with Crippen molar-refractivity contribution in [3.63, 3.8) is 0 Å². The van der Waals surface area contributed by atoms with Gasteiger partial charge in [-0.2, -0.15) is 0 Å². The molecule has 0 aliphatic carbocycles. The first-order valence-electron chi connectivity index (χ1n) is 5.38. The highest BCUT2D eigenvalue weighted by Gasteiger charge is 2.02. The molecular formula is C12H14FN3S.